The Balaban J connectivity index is 1.62. The highest BCUT2D eigenvalue weighted by Gasteiger charge is 2.67. The second-order valence-corrected chi connectivity index (χ2v) is 7.66. The van der Waals surface area contributed by atoms with Crippen LogP contribution in [0.15, 0.2) is 0 Å². The lowest BCUT2D eigenvalue weighted by atomic mass is 9.65. The SMILES string of the molecule is CC[C@@]1(OC(=O)CS)CC2CC1C1C3CCC(C3)C21. The minimum Gasteiger partial charge on any atom is -0.458 e. The van der Waals surface area contributed by atoms with Gasteiger partial charge in [0.1, 0.15) is 5.60 Å². The third kappa shape index (κ3) is 1.54. The second-order valence-electron chi connectivity index (χ2n) is 7.34. The highest BCUT2D eigenvalue weighted by molar-refractivity contribution is 7.81. The summed E-state index contributed by atoms with van der Waals surface area (Å²) >= 11 is 4.08. The Morgan fingerprint density at radius 3 is 2.63 bits per heavy atom. The third-order valence-electron chi connectivity index (χ3n) is 6.94. The zero-order chi connectivity index (χ0) is 13.2. The average molecular weight is 280 g/mol. The molecule has 4 aliphatic rings. The van der Waals surface area contributed by atoms with Gasteiger partial charge in [-0.1, -0.05) is 6.92 Å². The molecule has 4 fully saturated rings. The lowest BCUT2D eigenvalue weighted by Gasteiger charge is -2.45. The number of fused-ring (bicyclic) bond motifs is 9. The summed E-state index contributed by atoms with van der Waals surface area (Å²) in [7, 11) is 0. The van der Waals surface area contributed by atoms with Gasteiger partial charge in [-0.15, -0.1) is 0 Å². The van der Waals surface area contributed by atoms with E-state index in [1.807, 2.05) is 0 Å². The number of thiol groups is 1. The van der Waals surface area contributed by atoms with E-state index < -0.39 is 0 Å². The first-order valence-corrected chi connectivity index (χ1v) is 8.64. The lowest BCUT2D eigenvalue weighted by Crippen LogP contribution is -2.47. The van der Waals surface area contributed by atoms with Gasteiger partial charge in [-0.05, 0) is 68.1 Å². The van der Waals surface area contributed by atoms with Crippen LogP contribution in [0.1, 0.15) is 45.4 Å². The Morgan fingerprint density at radius 1 is 1.21 bits per heavy atom. The fraction of sp³-hybridized carbons (Fsp3) is 0.938. The number of carbonyl (C=O) groups excluding carboxylic acids is 1. The van der Waals surface area contributed by atoms with Crippen LogP contribution in [-0.4, -0.2) is 17.3 Å². The Morgan fingerprint density at radius 2 is 1.95 bits per heavy atom. The summed E-state index contributed by atoms with van der Waals surface area (Å²) in [5.41, 5.74) is -0.129. The zero-order valence-corrected chi connectivity index (χ0v) is 12.6. The molecular weight excluding hydrogens is 256 g/mol. The van der Waals surface area contributed by atoms with Crippen molar-refractivity contribution in [1.29, 1.82) is 0 Å². The third-order valence-corrected chi connectivity index (χ3v) is 7.20. The van der Waals surface area contributed by atoms with Crippen molar-refractivity contribution in [2.24, 2.45) is 35.5 Å². The van der Waals surface area contributed by atoms with Crippen LogP contribution in [-0.2, 0) is 9.53 Å². The molecule has 0 aromatic rings. The fourth-order valence-corrected chi connectivity index (χ4v) is 6.62. The molecule has 0 N–H and O–H groups in total. The van der Waals surface area contributed by atoms with E-state index in [9.17, 15) is 4.79 Å². The number of hydrogen-bond donors (Lipinski definition) is 1. The molecule has 0 aromatic heterocycles. The van der Waals surface area contributed by atoms with Crippen LogP contribution in [0.4, 0.5) is 0 Å². The molecule has 6 unspecified atom stereocenters. The quantitative estimate of drug-likeness (QED) is 0.488. The standard InChI is InChI=1S/C16H24O2S/c1-2-16(18-13(17)8-19)7-11-6-12(16)15-10-4-3-9(5-10)14(11)15/h9-12,14-15,19H,2-8H2,1H3/t9?,10?,11?,12?,14?,15?,16-/m1/s1. The number of rotatable bonds is 3. The molecule has 4 aliphatic carbocycles. The molecule has 4 rings (SSSR count). The van der Waals surface area contributed by atoms with Crippen molar-refractivity contribution >= 4 is 18.6 Å². The summed E-state index contributed by atoms with van der Waals surface area (Å²) in [5.74, 6) is 5.44. The van der Waals surface area contributed by atoms with Gasteiger partial charge in [0, 0.05) is 5.92 Å². The van der Waals surface area contributed by atoms with E-state index in [1.165, 1.54) is 25.7 Å². The molecule has 19 heavy (non-hydrogen) atoms. The molecule has 0 radical (unpaired) electrons. The van der Waals surface area contributed by atoms with E-state index in [0.717, 1.165) is 42.4 Å². The maximum atomic E-state index is 11.8. The number of ether oxygens (including phenoxy) is 1. The van der Waals surface area contributed by atoms with Crippen molar-refractivity contribution in [3.63, 3.8) is 0 Å². The van der Waals surface area contributed by atoms with E-state index in [0.29, 0.717) is 5.92 Å². The fourth-order valence-electron chi connectivity index (χ4n) is 6.55. The second kappa shape index (κ2) is 4.16. The van der Waals surface area contributed by atoms with Crippen LogP contribution >= 0.6 is 12.6 Å². The van der Waals surface area contributed by atoms with E-state index >= 15 is 0 Å². The summed E-state index contributed by atoms with van der Waals surface area (Å²) in [6.45, 7) is 2.20. The van der Waals surface area contributed by atoms with Crippen LogP contribution in [0.5, 0.6) is 0 Å². The predicted octanol–water partition coefficient (Wildman–Crippen LogP) is 3.31. The summed E-state index contributed by atoms with van der Waals surface area (Å²) in [6, 6.07) is 0. The maximum Gasteiger partial charge on any atom is 0.316 e. The maximum absolute atomic E-state index is 11.8. The molecule has 0 spiro atoms. The molecule has 3 heteroatoms. The average Bonchev–Trinajstić information content (AvgIpc) is 3.15. The van der Waals surface area contributed by atoms with E-state index in [2.05, 4.69) is 19.6 Å². The predicted molar refractivity (Wildman–Crippen MR) is 77.0 cm³/mol. The minimum atomic E-state index is -0.129. The normalized spacial score (nSPS) is 53.6. The van der Waals surface area contributed by atoms with Gasteiger partial charge in [0.2, 0.25) is 0 Å². The topological polar surface area (TPSA) is 26.3 Å². The van der Waals surface area contributed by atoms with Crippen molar-refractivity contribution in [2.75, 3.05) is 5.75 Å². The monoisotopic (exact) mass is 280 g/mol. The van der Waals surface area contributed by atoms with Gasteiger partial charge < -0.3 is 4.74 Å². The first-order valence-electron chi connectivity index (χ1n) is 8.01. The first kappa shape index (κ1) is 12.6. The largest absolute Gasteiger partial charge is 0.458 e. The lowest BCUT2D eigenvalue weighted by molar-refractivity contribution is -0.169. The van der Waals surface area contributed by atoms with Crippen molar-refractivity contribution in [2.45, 2.75) is 51.0 Å². The van der Waals surface area contributed by atoms with Gasteiger partial charge in [0.15, 0.2) is 0 Å². The van der Waals surface area contributed by atoms with Gasteiger partial charge in [-0.3, -0.25) is 4.79 Å². The molecule has 4 saturated carbocycles. The van der Waals surface area contributed by atoms with Crippen LogP contribution < -0.4 is 0 Å². The highest BCUT2D eigenvalue weighted by atomic mass is 32.1. The van der Waals surface area contributed by atoms with E-state index in [1.54, 1.807) is 0 Å². The summed E-state index contributed by atoms with van der Waals surface area (Å²) in [6.07, 6.45) is 7.85. The summed E-state index contributed by atoms with van der Waals surface area (Å²) < 4.78 is 5.93. The van der Waals surface area contributed by atoms with Crippen molar-refractivity contribution in [1.82, 2.24) is 0 Å². The molecule has 0 heterocycles. The smallest absolute Gasteiger partial charge is 0.316 e. The van der Waals surface area contributed by atoms with Crippen molar-refractivity contribution in [3.05, 3.63) is 0 Å². The van der Waals surface area contributed by atoms with Gasteiger partial charge in [-0.25, -0.2) is 0 Å². The summed E-state index contributed by atoms with van der Waals surface area (Å²) in [4.78, 5) is 11.8. The van der Waals surface area contributed by atoms with Crippen LogP contribution in [0.2, 0.25) is 0 Å². The first-order chi connectivity index (χ1) is 9.18. The van der Waals surface area contributed by atoms with Crippen molar-refractivity contribution < 1.29 is 9.53 Å². The molecule has 0 saturated heterocycles. The van der Waals surface area contributed by atoms with Crippen LogP contribution in [0.25, 0.3) is 0 Å². The Labute approximate surface area is 121 Å². The minimum absolute atomic E-state index is 0.113. The number of hydrogen-bond acceptors (Lipinski definition) is 3. The van der Waals surface area contributed by atoms with Crippen molar-refractivity contribution in [3.8, 4) is 0 Å². The van der Waals surface area contributed by atoms with E-state index in [4.69, 9.17) is 4.74 Å². The van der Waals surface area contributed by atoms with E-state index in [-0.39, 0.29) is 17.3 Å². The van der Waals surface area contributed by atoms with Gasteiger partial charge >= 0.3 is 5.97 Å². The van der Waals surface area contributed by atoms with Gasteiger partial charge in [-0.2, -0.15) is 12.6 Å². The molecule has 0 aliphatic heterocycles. The number of esters is 1. The Kier molecular flexibility index (Phi) is 2.75. The highest BCUT2D eigenvalue weighted by Crippen LogP contribution is 2.70. The number of carbonyl (C=O) groups is 1. The Bertz CT molecular complexity index is 410. The Hall–Kier alpha value is -0.180. The zero-order valence-electron chi connectivity index (χ0n) is 11.7. The molecule has 0 amide bonds. The molecule has 4 bridgehead atoms. The molecule has 7 atom stereocenters. The molecule has 0 aromatic carbocycles. The van der Waals surface area contributed by atoms with Crippen LogP contribution in [0.3, 0.4) is 0 Å². The summed E-state index contributed by atoms with van der Waals surface area (Å²) in [5, 5.41) is 0. The van der Waals surface area contributed by atoms with Crippen LogP contribution in [0, 0.1) is 35.5 Å². The molecule has 106 valence electrons. The van der Waals surface area contributed by atoms with Gasteiger partial charge in [0.25, 0.3) is 0 Å². The van der Waals surface area contributed by atoms with Gasteiger partial charge in [0.05, 0.1) is 5.75 Å². The molecular formula is C16H24O2S. The molecule has 2 nitrogen and oxygen atoms in total.